The average Bonchev–Trinajstić information content (AvgIpc) is 2.14. The predicted octanol–water partition coefficient (Wildman–Crippen LogP) is 1.16. The molecule has 0 bridgehead atoms. The second kappa shape index (κ2) is 9.96. The first-order chi connectivity index (χ1) is 6.31. The predicted molar refractivity (Wildman–Crippen MR) is 54.9 cm³/mol. The van der Waals surface area contributed by atoms with Gasteiger partial charge in [-0.1, -0.05) is 0 Å². The highest BCUT2D eigenvalue weighted by molar-refractivity contribution is 4.59. The van der Waals surface area contributed by atoms with Gasteiger partial charge in [0.2, 0.25) is 0 Å². The van der Waals surface area contributed by atoms with Gasteiger partial charge in [-0.3, -0.25) is 0 Å². The van der Waals surface area contributed by atoms with E-state index < -0.39 is 0 Å². The number of aliphatic hydroxyl groups is 1. The molecule has 0 rings (SSSR count). The Balaban J connectivity index is 3.03. The van der Waals surface area contributed by atoms with Crippen molar-refractivity contribution in [1.29, 1.82) is 0 Å². The van der Waals surface area contributed by atoms with Crippen LogP contribution in [-0.4, -0.2) is 37.5 Å². The lowest BCUT2D eigenvalue weighted by Gasteiger charge is -2.12. The van der Waals surface area contributed by atoms with Crippen LogP contribution in [0.5, 0.6) is 0 Å². The lowest BCUT2D eigenvalue weighted by Crippen LogP contribution is -2.27. The zero-order chi connectivity index (χ0) is 9.94. The third-order valence-electron chi connectivity index (χ3n) is 1.96. The molecule has 0 fully saturated rings. The van der Waals surface area contributed by atoms with E-state index in [4.69, 9.17) is 9.84 Å². The lowest BCUT2D eigenvalue weighted by atomic mass is 10.2. The molecule has 0 aromatic rings. The van der Waals surface area contributed by atoms with Crippen LogP contribution in [0.1, 0.15) is 33.1 Å². The van der Waals surface area contributed by atoms with Gasteiger partial charge in [0.15, 0.2) is 0 Å². The van der Waals surface area contributed by atoms with Gasteiger partial charge in [0.1, 0.15) is 0 Å². The Hall–Kier alpha value is -0.120. The fraction of sp³-hybridized carbons (Fsp3) is 1.00. The van der Waals surface area contributed by atoms with Crippen LogP contribution in [0, 0.1) is 0 Å². The molecule has 1 atom stereocenters. The normalized spacial score (nSPS) is 13.2. The highest BCUT2D eigenvalue weighted by atomic mass is 16.5. The maximum atomic E-state index is 8.61. The zero-order valence-electron chi connectivity index (χ0n) is 8.88. The standard InChI is InChI=1S/C10H23NO2/c1-3-13-9-5-7-11-10(2)6-4-8-12/h10-12H,3-9H2,1-2H3. The van der Waals surface area contributed by atoms with Crippen LogP contribution in [0.2, 0.25) is 0 Å². The highest BCUT2D eigenvalue weighted by Gasteiger charge is 1.98. The first-order valence-corrected chi connectivity index (χ1v) is 5.23. The van der Waals surface area contributed by atoms with Crippen molar-refractivity contribution in [3.63, 3.8) is 0 Å². The van der Waals surface area contributed by atoms with Crippen LogP contribution in [0.15, 0.2) is 0 Å². The van der Waals surface area contributed by atoms with Crippen LogP contribution in [0.3, 0.4) is 0 Å². The van der Waals surface area contributed by atoms with E-state index in [2.05, 4.69) is 12.2 Å². The van der Waals surface area contributed by atoms with Crippen molar-refractivity contribution < 1.29 is 9.84 Å². The summed E-state index contributed by atoms with van der Waals surface area (Å²) in [5.74, 6) is 0. The van der Waals surface area contributed by atoms with Gasteiger partial charge in [-0.2, -0.15) is 0 Å². The Bertz CT molecular complexity index is 98.9. The quantitative estimate of drug-likeness (QED) is 0.535. The number of nitrogens with one attached hydrogen (secondary N) is 1. The van der Waals surface area contributed by atoms with E-state index >= 15 is 0 Å². The number of aliphatic hydroxyl groups excluding tert-OH is 1. The van der Waals surface area contributed by atoms with Crippen molar-refractivity contribution in [1.82, 2.24) is 5.32 Å². The van der Waals surface area contributed by atoms with E-state index in [9.17, 15) is 0 Å². The van der Waals surface area contributed by atoms with E-state index in [1.54, 1.807) is 0 Å². The molecule has 0 saturated carbocycles. The summed E-state index contributed by atoms with van der Waals surface area (Å²) in [6, 6.07) is 0.508. The van der Waals surface area contributed by atoms with Crippen LogP contribution in [0.4, 0.5) is 0 Å². The van der Waals surface area contributed by atoms with Crippen LogP contribution < -0.4 is 5.32 Å². The van der Waals surface area contributed by atoms with Crippen molar-refractivity contribution in [2.45, 2.75) is 39.2 Å². The molecule has 1 unspecified atom stereocenters. The SMILES string of the molecule is CCOCCCNC(C)CCCO. The number of hydrogen-bond donors (Lipinski definition) is 2. The summed E-state index contributed by atoms with van der Waals surface area (Å²) in [5, 5.41) is 12.0. The molecule has 0 aliphatic rings. The maximum absolute atomic E-state index is 8.61. The summed E-state index contributed by atoms with van der Waals surface area (Å²) in [6.45, 7) is 7.11. The first kappa shape index (κ1) is 12.9. The van der Waals surface area contributed by atoms with Crippen molar-refractivity contribution in [3.8, 4) is 0 Å². The summed E-state index contributed by atoms with van der Waals surface area (Å²) in [6.07, 6.45) is 3.00. The molecule has 0 aromatic heterocycles. The molecule has 0 radical (unpaired) electrons. The summed E-state index contributed by atoms with van der Waals surface area (Å²) in [4.78, 5) is 0. The highest BCUT2D eigenvalue weighted by Crippen LogP contribution is 1.94. The molecule has 0 spiro atoms. The fourth-order valence-corrected chi connectivity index (χ4v) is 1.17. The van der Waals surface area contributed by atoms with E-state index in [1.165, 1.54) is 0 Å². The molecule has 0 aromatic carbocycles. The van der Waals surface area contributed by atoms with Gasteiger partial charge in [0, 0.05) is 25.9 Å². The molecule has 0 heterocycles. The van der Waals surface area contributed by atoms with Gasteiger partial charge in [0.25, 0.3) is 0 Å². The second-order valence-electron chi connectivity index (χ2n) is 3.27. The van der Waals surface area contributed by atoms with E-state index in [0.717, 1.165) is 39.0 Å². The molecule has 13 heavy (non-hydrogen) atoms. The van der Waals surface area contributed by atoms with E-state index in [1.807, 2.05) is 6.92 Å². The van der Waals surface area contributed by atoms with Gasteiger partial charge in [0.05, 0.1) is 0 Å². The lowest BCUT2D eigenvalue weighted by molar-refractivity contribution is 0.144. The number of ether oxygens (including phenoxy) is 1. The summed E-state index contributed by atoms with van der Waals surface area (Å²) < 4.78 is 5.22. The maximum Gasteiger partial charge on any atom is 0.0477 e. The smallest absolute Gasteiger partial charge is 0.0477 e. The van der Waals surface area contributed by atoms with Gasteiger partial charge in [-0.25, -0.2) is 0 Å². The molecule has 3 nitrogen and oxygen atoms in total. The Labute approximate surface area is 81.5 Å². The average molecular weight is 189 g/mol. The minimum absolute atomic E-state index is 0.297. The minimum atomic E-state index is 0.297. The zero-order valence-corrected chi connectivity index (χ0v) is 8.88. The topological polar surface area (TPSA) is 41.5 Å². The third-order valence-corrected chi connectivity index (χ3v) is 1.96. The summed E-state index contributed by atoms with van der Waals surface area (Å²) >= 11 is 0. The van der Waals surface area contributed by atoms with Gasteiger partial charge in [-0.05, 0) is 39.7 Å². The number of rotatable bonds is 9. The Morgan fingerprint density at radius 3 is 2.77 bits per heavy atom. The monoisotopic (exact) mass is 189 g/mol. The molecule has 80 valence electrons. The van der Waals surface area contributed by atoms with E-state index in [-0.39, 0.29) is 0 Å². The first-order valence-electron chi connectivity index (χ1n) is 5.23. The van der Waals surface area contributed by atoms with Crippen LogP contribution >= 0.6 is 0 Å². The van der Waals surface area contributed by atoms with Gasteiger partial charge in [-0.15, -0.1) is 0 Å². The van der Waals surface area contributed by atoms with Crippen LogP contribution in [0.25, 0.3) is 0 Å². The minimum Gasteiger partial charge on any atom is -0.396 e. The Morgan fingerprint density at radius 2 is 2.15 bits per heavy atom. The molecule has 0 aliphatic heterocycles. The molecule has 0 aliphatic carbocycles. The molecule has 0 saturated heterocycles. The van der Waals surface area contributed by atoms with Crippen molar-refractivity contribution in [2.24, 2.45) is 0 Å². The molecular weight excluding hydrogens is 166 g/mol. The second-order valence-corrected chi connectivity index (χ2v) is 3.27. The molecule has 3 heteroatoms. The van der Waals surface area contributed by atoms with Crippen molar-refractivity contribution in [3.05, 3.63) is 0 Å². The van der Waals surface area contributed by atoms with Crippen molar-refractivity contribution >= 4 is 0 Å². The third kappa shape index (κ3) is 9.80. The Morgan fingerprint density at radius 1 is 1.38 bits per heavy atom. The summed E-state index contributed by atoms with van der Waals surface area (Å²) in [7, 11) is 0. The summed E-state index contributed by atoms with van der Waals surface area (Å²) in [5.41, 5.74) is 0. The molecule has 0 amide bonds. The number of hydrogen-bond acceptors (Lipinski definition) is 3. The largest absolute Gasteiger partial charge is 0.396 e. The molecule has 2 N–H and O–H groups in total. The fourth-order valence-electron chi connectivity index (χ4n) is 1.17. The van der Waals surface area contributed by atoms with Crippen molar-refractivity contribution in [2.75, 3.05) is 26.4 Å². The van der Waals surface area contributed by atoms with Gasteiger partial charge >= 0.3 is 0 Å². The van der Waals surface area contributed by atoms with E-state index in [0.29, 0.717) is 12.6 Å². The Kier molecular flexibility index (Phi) is 9.87. The molecular formula is C10H23NO2. The van der Waals surface area contributed by atoms with Crippen LogP contribution in [-0.2, 0) is 4.74 Å². The van der Waals surface area contributed by atoms with Gasteiger partial charge < -0.3 is 15.2 Å².